The van der Waals surface area contributed by atoms with Crippen LogP contribution in [0.2, 0.25) is 0 Å². The van der Waals surface area contributed by atoms with E-state index in [1.165, 1.54) is 13.3 Å². The molecule has 0 aromatic rings. The van der Waals surface area contributed by atoms with Crippen molar-refractivity contribution in [3.63, 3.8) is 0 Å². The molecule has 4 nitrogen and oxygen atoms in total. The number of aliphatic imine (C=N–C) groups is 1. The first kappa shape index (κ1) is 9.12. The van der Waals surface area contributed by atoms with Gasteiger partial charge in [0.2, 0.25) is 0 Å². The summed E-state index contributed by atoms with van der Waals surface area (Å²) in [5.74, 6) is -0.956. The second kappa shape index (κ2) is 3.62. The zero-order valence-corrected chi connectivity index (χ0v) is 7.87. The summed E-state index contributed by atoms with van der Waals surface area (Å²) in [6, 6.07) is 0. The maximum atomic E-state index is 11.0. The number of ether oxygens (including phenoxy) is 1. The molecule has 1 heterocycles. The Kier molecular flexibility index (Phi) is 2.75. The molecule has 0 N–H and O–H groups in total. The van der Waals surface area contributed by atoms with E-state index in [4.69, 9.17) is 0 Å². The Bertz CT molecular complexity index is 282. The van der Waals surface area contributed by atoms with Crippen molar-refractivity contribution in [3.8, 4) is 0 Å². The second-order valence-corrected chi connectivity index (χ2v) is 3.10. The lowest BCUT2D eigenvalue weighted by Gasteiger charge is -2.09. The fourth-order valence-corrected chi connectivity index (χ4v) is 1.20. The van der Waals surface area contributed by atoms with E-state index in [-0.39, 0.29) is 10.4 Å². The van der Waals surface area contributed by atoms with Crippen molar-refractivity contribution in [1.29, 1.82) is 0 Å². The number of carbonyl (C=O) groups excluding carboxylic acids is 2. The van der Waals surface area contributed by atoms with Crippen LogP contribution < -0.4 is 0 Å². The van der Waals surface area contributed by atoms with E-state index in [2.05, 4.69) is 25.7 Å². The Morgan fingerprint density at radius 2 is 2.42 bits per heavy atom. The molecule has 1 aliphatic heterocycles. The molecule has 0 spiro atoms. The van der Waals surface area contributed by atoms with Crippen molar-refractivity contribution >= 4 is 34.0 Å². The highest BCUT2D eigenvalue weighted by Crippen LogP contribution is 2.15. The number of hydrogen-bond donors (Lipinski definition) is 0. The standard InChI is InChI=1S/C7H6BrNO3/c1-12-7(11)4-2-6(10)9-3-5(4)8/h2-3,5H,1H3. The highest BCUT2D eigenvalue weighted by Gasteiger charge is 2.21. The van der Waals surface area contributed by atoms with Crippen molar-refractivity contribution in [1.82, 2.24) is 0 Å². The van der Waals surface area contributed by atoms with Crippen LogP contribution in [-0.2, 0) is 14.3 Å². The number of hydrogen-bond acceptors (Lipinski definition) is 3. The minimum Gasteiger partial charge on any atom is -0.466 e. The van der Waals surface area contributed by atoms with Crippen molar-refractivity contribution in [2.45, 2.75) is 4.83 Å². The van der Waals surface area contributed by atoms with Gasteiger partial charge in [0.05, 0.1) is 17.5 Å². The Morgan fingerprint density at radius 1 is 1.75 bits per heavy atom. The quantitative estimate of drug-likeness (QED) is 0.487. The summed E-state index contributed by atoms with van der Waals surface area (Å²) in [4.78, 5) is 24.9. The average molecular weight is 232 g/mol. The zero-order valence-electron chi connectivity index (χ0n) is 6.28. The SMILES string of the molecule is COC(=O)C1=CC(=O)N=CC1Br. The summed E-state index contributed by atoms with van der Waals surface area (Å²) in [7, 11) is 1.26. The van der Waals surface area contributed by atoms with Crippen LogP contribution in [0.3, 0.4) is 0 Å². The van der Waals surface area contributed by atoms with Gasteiger partial charge in [0.1, 0.15) is 0 Å². The fourth-order valence-electron chi connectivity index (χ4n) is 0.758. The van der Waals surface area contributed by atoms with Crippen LogP contribution in [-0.4, -0.2) is 30.0 Å². The number of esters is 1. The molecule has 1 atom stereocenters. The molecule has 0 aliphatic carbocycles. The van der Waals surface area contributed by atoms with E-state index in [9.17, 15) is 9.59 Å². The van der Waals surface area contributed by atoms with Crippen molar-refractivity contribution in [3.05, 3.63) is 11.6 Å². The Morgan fingerprint density at radius 3 is 3.00 bits per heavy atom. The number of alkyl halides is 1. The molecular weight excluding hydrogens is 226 g/mol. The maximum Gasteiger partial charge on any atom is 0.335 e. The van der Waals surface area contributed by atoms with Gasteiger partial charge in [0.25, 0.3) is 5.91 Å². The monoisotopic (exact) mass is 231 g/mol. The summed E-state index contributed by atoms with van der Waals surface area (Å²) >= 11 is 3.15. The summed E-state index contributed by atoms with van der Waals surface area (Å²) < 4.78 is 4.46. The molecule has 1 amide bonds. The molecule has 0 saturated carbocycles. The molecule has 0 radical (unpaired) electrons. The van der Waals surface area contributed by atoms with Crippen LogP contribution in [0.1, 0.15) is 0 Å². The van der Waals surface area contributed by atoms with Gasteiger partial charge in [0, 0.05) is 12.3 Å². The van der Waals surface area contributed by atoms with Gasteiger partial charge in [-0.15, -0.1) is 0 Å². The third-order valence-corrected chi connectivity index (χ3v) is 2.06. The van der Waals surface area contributed by atoms with Gasteiger partial charge >= 0.3 is 5.97 Å². The molecule has 0 saturated heterocycles. The van der Waals surface area contributed by atoms with Crippen LogP contribution in [0.25, 0.3) is 0 Å². The van der Waals surface area contributed by atoms with E-state index in [0.29, 0.717) is 0 Å². The van der Waals surface area contributed by atoms with E-state index >= 15 is 0 Å². The molecule has 1 unspecified atom stereocenters. The Labute approximate surface area is 77.4 Å². The largest absolute Gasteiger partial charge is 0.466 e. The lowest BCUT2D eigenvalue weighted by atomic mass is 10.1. The van der Waals surface area contributed by atoms with E-state index < -0.39 is 11.9 Å². The summed E-state index contributed by atoms with van der Waals surface area (Å²) in [6.45, 7) is 0. The first-order valence-corrected chi connectivity index (χ1v) is 4.09. The number of amides is 1. The molecule has 0 aromatic heterocycles. The average Bonchev–Trinajstić information content (AvgIpc) is 2.08. The predicted molar refractivity (Wildman–Crippen MR) is 46.3 cm³/mol. The normalized spacial score (nSPS) is 22.0. The van der Waals surface area contributed by atoms with Crippen molar-refractivity contribution in [2.24, 2.45) is 4.99 Å². The van der Waals surface area contributed by atoms with Crippen molar-refractivity contribution < 1.29 is 14.3 Å². The molecule has 0 aromatic carbocycles. The zero-order chi connectivity index (χ0) is 9.14. The molecule has 5 heteroatoms. The van der Waals surface area contributed by atoms with Gasteiger partial charge in [-0.3, -0.25) is 4.79 Å². The molecule has 1 aliphatic rings. The first-order chi connectivity index (χ1) is 5.65. The molecule has 64 valence electrons. The molecular formula is C7H6BrNO3. The Hall–Kier alpha value is -0.970. The summed E-state index contributed by atoms with van der Waals surface area (Å²) in [5, 5.41) is 0. The van der Waals surface area contributed by atoms with Gasteiger partial charge in [0.15, 0.2) is 0 Å². The third kappa shape index (κ3) is 1.79. The van der Waals surface area contributed by atoms with Gasteiger partial charge < -0.3 is 4.74 Å². The molecule has 1 rings (SSSR count). The fraction of sp³-hybridized carbons (Fsp3) is 0.286. The molecule has 0 bridgehead atoms. The van der Waals surface area contributed by atoms with Gasteiger partial charge in [-0.1, -0.05) is 15.9 Å². The van der Waals surface area contributed by atoms with Gasteiger partial charge in [-0.2, -0.15) is 0 Å². The predicted octanol–water partition coefficient (Wildman–Crippen LogP) is 0.460. The van der Waals surface area contributed by atoms with E-state index in [1.807, 2.05) is 0 Å². The number of methoxy groups -OCH3 is 1. The van der Waals surface area contributed by atoms with Crippen molar-refractivity contribution in [2.75, 3.05) is 7.11 Å². The number of dihydropyridines is 1. The molecule has 12 heavy (non-hydrogen) atoms. The van der Waals surface area contributed by atoms with Crippen LogP contribution >= 0.6 is 15.9 Å². The van der Waals surface area contributed by atoms with Gasteiger partial charge in [-0.25, -0.2) is 9.79 Å². The summed E-state index contributed by atoms with van der Waals surface area (Å²) in [6.07, 6.45) is 2.51. The topological polar surface area (TPSA) is 55.7 Å². The van der Waals surface area contributed by atoms with E-state index in [1.54, 1.807) is 0 Å². The number of rotatable bonds is 1. The number of halogens is 1. The highest BCUT2D eigenvalue weighted by atomic mass is 79.9. The van der Waals surface area contributed by atoms with Crippen LogP contribution in [0.15, 0.2) is 16.6 Å². The smallest absolute Gasteiger partial charge is 0.335 e. The Balaban J connectivity index is 2.88. The third-order valence-electron chi connectivity index (χ3n) is 1.33. The first-order valence-electron chi connectivity index (χ1n) is 3.17. The van der Waals surface area contributed by atoms with Gasteiger partial charge in [-0.05, 0) is 0 Å². The second-order valence-electron chi connectivity index (χ2n) is 2.11. The minimum absolute atomic E-state index is 0.275. The number of nitrogens with zero attached hydrogens (tertiary/aromatic N) is 1. The highest BCUT2D eigenvalue weighted by molar-refractivity contribution is 9.10. The van der Waals surface area contributed by atoms with Crippen LogP contribution in [0, 0.1) is 0 Å². The lowest BCUT2D eigenvalue weighted by Crippen LogP contribution is -2.20. The number of carbonyl (C=O) groups is 2. The maximum absolute atomic E-state index is 11.0. The van der Waals surface area contributed by atoms with Crippen LogP contribution in [0.5, 0.6) is 0 Å². The molecule has 0 fully saturated rings. The van der Waals surface area contributed by atoms with Crippen LogP contribution in [0.4, 0.5) is 0 Å². The van der Waals surface area contributed by atoms with E-state index in [0.717, 1.165) is 6.08 Å². The lowest BCUT2D eigenvalue weighted by molar-refractivity contribution is -0.136. The summed E-state index contributed by atoms with van der Waals surface area (Å²) in [5.41, 5.74) is 0.275. The minimum atomic E-state index is -0.517.